The van der Waals surface area contributed by atoms with Gasteiger partial charge in [-0.05, 0) is 19.1 Å². The quantitative estimate of drug-likeness (QED) is 0.916. The molecule has 1 amide bonds. The molecule has 0 fully saturated rings. The highest BCUT2D eigenvalue weighted by atomic mass is 16.6. The van der Waals surface area contributed by atoms with Crippen LogP contribution in [0.15, 0.2) is 36.7 Å². The molecule has 1 aliphatic heterocycles. The first kappa shape index (κ1) is 13.5. The van der Waals surface area contributed by atoms with Crippen LogP contribution in [0.5, 0.6) is 11.5 Å². The Morgan fingerprint density at radius 1 is 1.43 bits per heavy atom. The second-order valence-electron chi connectivity index (χ2n) is 4.82. The summed E-state index contributed by atoms with van der Waals surface area (Å²) in [6.07, 6.45) is 3.02. The molecule has 1 aliphatic rings. The zero-order valence-corrected chi connectivity index (χ0v) is 11.8. The lowest BCUT2D eigenvalue weighted by molar-refractivity contribution is -0.130. The first-order chi connectivity index (χ1) is 10.2. The highest BCUT2D eigenvalue weighted by Gasteiger charge is 2.26. The van der Waals surface area contributed by atoms with Crippen molar-refractivity contribution < 1.29 is 14.3 Å². The number of rotatable bonds is 4. The van der Waals surface area contributed by atoms with Gasteiger partial charge >= 0.3 is 0 Å². The number of para-hydroxylation sites is 2. The number of carbonyl (C=O) groups is 1. The topological polar surface area (TPSA) is 65.4 Å². The first-order valence-corrected chi connectivity index (χ1v) is 6.88. The summed E-state index contributed by atoms with van der Waals surface area (Å²) in [5.41, 5.74) is 0. The predicted octanol–water partition coefficient (Wildman–Crippen LogP) is 1.15. The van der Waals surface area contributed by atoms with E-state index < -0.39 is 6.10 Å². The van der Waals surface area contributed by atoms with E-state index in [1.165, 1.54) is 0 Å². The van der Waals surface area contributed by atoms with E-state index in [0.717, 1.165) is 5.82 Å². The highest BCUT2D eigenvalue weighted by molar-refractivity contribution is 5.81. The number of aromatic nitrogens is 2. The van der Waals surface area contributed by atoms with Gasteiger partial charge in [-0.25, -0.2) is 4.98 Å². The largest absolute Gasteiger partial charge is 0.485 e. The summed E-state index contributed by atoms with van der Waals surface area (Å²) in [5.74, 6) is 2.04. The minimum absolute atomic E-state index is 0.165. The average molecular weight is 287 g/mol. The second-order valence-corrected chi connectivity index (χ2v) is 4.82. The molecule has 1 aromatic heterocycles. The van der Waals surface area contributed by atoms with Crippen molar-refractivity contribution in [2.24, 2.45) is 0 Å². The molecule has 0 saturated heterocycles. The average Bonchev–Trinajstić information content (AvgIpc) is 2.92. The van der Waals surface area contributed by atoms with Crippen LogP contribution in [0.1, 0.15) is 5.82 Å². The molecule has 110 valence electrons. The lowest BCUT2D eigenvalue weighted by Crippen LogP contribution is -2.44. The van der Waals surface area contributed by atoms with Gasteiger partial charge in [0.05, 0.1) is 0 Å². The van der Waals surface area contributed by atoms with Crippen molar-refractivity contribution in [3.8, 4) is 11.5 Å². The van der Waals surface area contributed by atoms with Gasteiger partial charge in [-0.3, -0.25) is 4.79 Å². The van der Waals surface area contributed by atoms with Crippen molar-refractivity contribution >= 4 is 5.91 Å². The Kier molecular flexibility index (Phi) is 3.77. The zero-order valence-electron chi connectivity index (χ0n) is 11.8. The van der Waals surface area contributed by atoms with Crippen molar-refractivity contribution in [2.75, 3.05) is 13.2 Å². The van der Waals surface area contributed by atoms with Crippen molar-refractivity contribution in [3.05, 3.63) is 42.5 Å². The van der Waals surface area contributed by atoms with Crippen LogP contribution in [-0.4, -0.2) is 34.7 Å². The van der Waals surface area contributed by atoms with Crippen molar-refractivity contribution in [3.63, 3.8) is 0 Å². The summed E-state index contributed by atoms with van der Waals surface area (Å²) in [5, 5.41) is 2.86. The number of fused-ring (bicyclic) bond motifs is 1. The lowest BCUT2D eigenvalue weighted by Gasteiger charge is -2.25. The van der Waals surface area contributed by atoms with E-state index in [9.17, 15) is 4.79 Å². The van der Waals surface area contributed by atoms with Gasteiger partial charge in [-0.15, -0.1) is 0 Å². The number of ether oxygens (including phenoxy) is 2. The zero-order chi connectivity index (χ0) is 14.7. The molecule has 1 atom stereocenters. The fourth-order valence-electron chi connectivity index (χ4n) is 2.20. The van der Waals surface area contributed by atoms with Gasteiger partial charge in [-0.1, -0.05) is 12.1 Å². The summed E-state index contributed by atoms with van der Waals surface area (Å²) in [6, 6.07) is 7.34. The van der Waals surface area contributed by atoms with Crippen LogP contribution in [0.2, 0.25) is 0 Å². The minimum Gasteiger partial charge on any atom is -0.485 e. The number of carbonyl (C=O) groups excluding carboxylic acids is 1. The molecule has 6 heteroatoms. The molecule has 0 saturated carbocycles. The van der Waals surface area contributed by atoms with E-state index in [4.69, 9.17) is 9.47 Å². The SMILES string of the molecule is Cc1nccn1CCNC(=O)[C@@H]1COc2ccccc2O1. The van der Waals surface area contributed by atoms with Crippen molar-refractivity contribution in [2.45, 2.75) is 19.6 Å². The van der Waals surface area contributed by atoms with Crippen LogP contribution in [0.4, 0.5) is 0 Å². The fourth-order valence-corrected chi connectivity index (χ4v) is 2.20. The molecule has 6 nitrogen and oxygen atoms in total. The van der Waals surface area contributed by atoms with Crippen LogP contribution >= 0.6 is 0 Å². The van der Waals surface area contributed by atoms with E-state index in [1.54, 1.807) is 12.3 Å². The number of nitrogens with zero attached hydrogens (tertiary/aromatic N) is 2. The maximum absolute atomic E-state index is 12.1. The summed E-state index contributed by atoms with van der Waals surface area (Å²) < 4.78 is 13.2. The molecule has 1 N–H and O–H groups in total. The monoisotopic (exact) mass is 287 g/mol. The molecule has 0 unspecified atom stereocenters. The third kappa shape index (κ3) is 2.99. The molecule has 2 aromatic rings. The number of imidazole rings is 1. The van der Waals surface area contributed by atoms with Gasteiger partial charge in [0.2, 0.25) is 6.10 Å². The van der Waals surface area contributed by atoms with Crippen LogP contribution in [0.25, 0.3) is 0 Å². The lowest BCUT2D eigenvalue weighted by atomic mass is 10.2. The smallest absolute Gasteiger partial charge is 0.264 e. The summed E-state index contributed by atoms with van der Waals surface area (Å²) in [6.45, 7) is 3.36. The van der Waals surface area contributed by atoms with Gasteiger partial charge < -0.3 is 19.4 Å². The maximum Gasteiger partial charge on any atom is 0.264 e. The number of hydrogen-bond acceptors (Lipinski definition) is 4. The van der Waals surface area contributed by atoms with Crippen molar-refractivity contribution in [1.29, 1.82) is 0 Å². The third-order valence-corrected chi connectivity index (χ3v) is 3.38. The molecule has 21 heavy (non-hydrogen) atoms. The van der Waals surface area contributed by atoms with E-state index >= 15 is 0 Å². The van der Waals surface area contributed by atoms with Crippen LogP contribution in [0.3, 0.4) is 0 Å². The number of amides is 1. The minimum atomic E-state index is -0.608. The van der Waals surface area contributed by atoms with Crippen molar-refractivity contribution in [1.82, 2.24) is 14.9 Å². The fraction of sp³-hybridized carbons (Fsp3) is 0.333. The summed E-state index contributed by atoms with van der Waals surface area (Å²) in [7, 11) is 0. The summed E-state index contributed by atoms with van der Waals surface area (Å²) in [4.78, 5) is 16.2. The Hall–Kier alpha value is -2.50. The Labute approximate surface area is 122 Å². The normalized spacial score (nSPS) is 16.5. The van der Waals surface area contributed by atoms with Crippen LogP contribution in [-0.2, 0) is 11.3 Å². The van der Waals surface area contributed by atoms with E-state index in [2.05, 4.69) is 10.3 Å². The van der Waals surface area contributed by atoms with E-state index in [-0.39, 0.29) is 12.5 Å². The molecule has 3 rings (SSSR count). The molecule has 0 aliphatic carbocycles. The second kappa shape index (κ2) is 5.87. The first-order valence-electron chi connectivity index (χ1n) is 6.88. The third-order valence-electron chi connectivity index (χ3n) is 3.38. The Morgan fingerprint density at radius 2 is 2.24 bits per heavy atom. The number of aryl methyl sites for hydroxylation is 1. The number of hydrogen-bond donors (Lipinski definition) is 1. The molecular formula is C15H17N3O3. The maximum atomic E-state index is 12.1. The van der Waals surface area contributed by atoms with Gasteiger partial charge in [0.15, 0.2) is 11.5 Å². The van der Waals surface area contributed by atoms with Gasteiger partial charge in [0.1, 0.15) is 12.4 Å². The van der Waals surface area contributed by atoms with E-state index in [1.807, 2.05) is 35.9 Å². The van der Waals surface area contributed by atoms with Gasteiger partial charge in [-0.2, -0.15) is 0 Å². The molecule has 0 spiro atoms. The molecule has 0 bridgehead atoms. The van der Waals surface area contributed by atoms with Crippen LogP contribution in [0, 0.1) is 6.92 Å². The van der Waals surface area contributed by atoms with E-state index in [0.29, 0.717) is 24.6 Å². The van der Waals surface area contributed by atoms with Crippen LogP contribution < -0.4 is 14.8 Å². The standard InChI is InChI=1S/C15H17N3O3/c1-11-16-6-8-18(11)9-7-17-15(19)14-10-20-12-4-2-3-5-13(12)21-14/h2-6,8,14H,7,9-10H2,1H3,(H,17,19)/t14-/m0/s1. The predicted molar refractivity (Wildman–Crippen MR) is 76.3 cm³/mol. The molecule has 2 heterocycles. The highest BCUT2D eigenvalue weighted by Crippen LogP contribution is 2.30. The molecular weight excluding hydrogens is 270 g/mol. The van der Waals surface area contributed by atoms with Gasteiger partial charge in [0.25, 0.3) is 5.91 Å². The number of benzene rings is 1. The number of nitrogens with one attached hydrogen (secondary N) is 1. The Morgan fingerprint density at radius 3 is 3.00 bits per heavy atom. The Bertz CT molecular complexity index is 639. The molecule has 0 radical (unpaired) electrons. The summed E-state index contributed by atoms with van der Waals surface area (Å²) >= 11 is 0. The molecule has 1 aromatic carbocycles. The van der Waals surface area contributed by atoms with Gasteiger partial charge in [0, 0.05) is 25.5 Å². The Balaban J connectivity index is 1.52.